The Kier molecular flexibility index (Phi) is 9.31. The van der Waals surface area contributed by atoms with E-state index in [0.717, 1.165) is 5.56 Å². The Balaban J connectivity index is 0.00000312. The molecule has 1 amide bonds. The molecule has 7 heteroatoms. The van der Waals surface area contributed by atoms with Crippen molar-refractivity contribution >= 4 is 35.6 Å². The van der Waals surface area contributed by atoms with E-state index in [0.29, 0.717) is 36.1 Å². The fourth-order valence-corrected chi connectivity index (χ4v) is 2.36. The molecule has 0 spiro atoms. The highest BCUT2D eigenvalue weighted by atomic mass is 35.5. The van der Waals surface area contributed by atoms with Gasteiger partial charge < -0.3 is 20.5 Å². The van der Waals surface area contributed by atoms with Gasteiger partial charge in [0, 0.05) is 12.8 Å². The number of hydrogen-bond acceptors (Lipinski definition) is 4. The van der Waals surface area contributed by atoms with Crippen LogP contribution in [0.3, 0.4) is 0 Å². The maximum atomic E-state index is 12.2. The maximum Gasteiger partial charge on any atom is 0.241 e. The number of rotatable bonds is 8. The van der Waals surface area contributed by atoms with Crippen molar-refractivity contribution in [3.8, 4) is 5.75 Å². The van der Waals surface area contributed by atoms with E-state index in [2.05, 4.69) is 5.32 Å². The fraction of sp³-hybridized carbons (Fsp3) is 0.278. The predicted octanol–water partition coefficient (Wildman–Crippen LogP) is 3.30. The third-order valence-electron chi connectivity index (χ3n) is 3.38. The summed E-state index contributed by atoms with van der Waals surface area (Å²) < 4.78 is 10.4. The highest BCUT2D eigenvalue weighted by molar-refractivity contribution is 6.32. The maximum absolute atomic E-state index is 12.2. The number of ether oxygens (including phenoxy) is 2. The average Bonchev–Trinajstić information content (AvgIpc) is 2.58. The number of benzene rings is 2. The van der Waals surface area contributed by atoms with Gasteiger partial charge in [0.15, 0.2) is 0 Å². The number of nitrogens with one attached hydrogen (secondary N) is 1. The topological polar surface area (TPSA) is 73.6 Å². The van der Waals surface area contributed by atoms with E-state index in [1.165, 1.54) is 0 Å². The summed E-state index contributed by atoms with van der Waals surface area (Å²) in [6.45, 7) is 0.882. The molecule has 0 aromatic heterocycles. The van der Waals surface area contributed by atoms with Gasteiger partial charge in [-0.1, -0.05) is 41.9 Å². The second-order valence-electron chi connectivity index (χ2n) is 5.27. The molecule has 3 N–H and O–H groups in total. The van der Waals surface area contributed by atoms with Crippen molar-refractivity contribution in [3.63, 3.8) is 0 Å². The van der Waals surface area contributed by atoms with Crippen molar-refractivity contribution < 1.29 is 14.3 Å². The van der Waals surface area contributed by atoms with Gasteiger partial charge in [-0.25, -0.2) is 0 Å². The molecule has 25 heavy (non-hydrogen) atoms. The minimum absolute atomic E-state index is 0. The molecule has 0 saturated carbocycles. The molecule has 5 nitrogen and oxygen atoms in total. The quantitative estimate of drug-likeness (QED) is 0.684. The molecule has 2 aromatic carbocycles. The lowest BCUT2D eigenvalue weighted by molar-refractivity contribution is -0.117. The highest BCUT2D eigenvalue weighted by Gasteiger charge is 2.15. The first-order chi connectivity index (χ1) is 11.6. The van der Waals surface area contributed by atoms with E-state index in [1.807, 2.05) is 30.3 Å². The highest BCUT2D eigenvalue weighted by Crippen LogP contribution is 2.27. The summed E-state index contributed by atoms with van der Waals surface area (Å²) in [6.07, 6.45) is 0.471. The van der Waals surface area contributed by atoms with Gasteiger partial charge in [-0.05, 0) is 30.2 Å². The Bertz CT molecular complexity index is 669. The summed E-state index contributed by atoms with van der Waals surface area (Å²) in [5, 5.41) is 3.19. The van der Waals surface area contributed by atoms with Crippen LogP contribution in [0.4, 0.5) is 5.69 Å². The third-order valence-corrected chi connectivity index (χ3v) is 3.68. The second-order valence-corrected chi connectivity index (χ2v) is 5.68. The summed E-state index contributed by atoms with van der Waals surface area (Å²) in [4.78, 5) is 12.2. The van der Waals surface area contributed by atoms with E-state index < -0.39 is 6.04 Å². The number of amides is 1. The molecule has 1 atom stereocenters. The van der Waals surface area contributed by atoms with Gasteiger partial charge in [0.1, 0.15) is 12.4 Å². The molecule has 0 heterocycles. The van der Waals surface area contributed by atoms with Crippen molar-refractivity contribution in [1.29, 1.82) is 0 Å². The summed E-state index contributed by atoms with van der Waals surface area (Å²) in [5.74, 6) is 0.281. The molecule has 0 unspecified atom stereocenters. The van der Waals surface area contributed by atoms with Gasteiger partial charge in [-0.15, -0.1) is 12.4 Å². The van der Waals surface area contributed by atoms with Crippen molar-refractivity contribution in [3.05, 3.63) is 59.1 Å². The zero-order valence-electron chi connectivity index (χ0n) is 13.9. The standard InChI is InChI=1S/C18H21ClN2O3.ClH/c1-23-9-10-24-17-8-7-14(12-15(17)19)21-18(22)16(20)11-13-5-3-2-4-6-13;/h2-8,12,16H,9-11,20H2,1H3,(H,21,22);1H/t16-;/m0./s1. The van der Waals surface area contributed by atoms with Gasteiger partial charge in [-0.2, -0.15) is 0 Å². The zero-order valence-corrected chi connectivity index (χ0v) is 15.5. The first kappa shape index (κ1) is 21.3. The van der Waals surface area contributed by atoms with Crippen LogP contribution >= 0.6 is 24.0 Å². The monoisotopic (exact) mass is 384 g/mol. The van der Waals surface area contributed by atoms with Crippen molar-refractivity contribution in [2.45, 2.75) is 12.5 Å². The molecule has 0 fully saturated rings. The molecule has 0 bridgehead atoms. The van der Waals surface area contributed by atoms with Gasteiger partial charge in [-0.3, -0.25) is 4.79 Å². The molecule has 0 aliphatic rings. The molecule has 0 saturated heterocycles. The molecule has 2 aromatic rings. The summed E-state index contributed by atoms with van der Waals surface area (Å²) in [7, 11) is 1.60. The lowest BCUT2D eigenvalue weighted by Gasteiger charge is -2.14. The van der Waals surface area contributed by atoms with E-state index in [-0.39, 0.29) is 18.3 Å². The average molecular weight is 385 g/mol. The molecule has 0 aliphatic carbocycles. The van der Waals surface area contributed by atoms with Crippen molar-refractivity contribution in [1.82, 2.24) is 0 Å². The number of halogens is 2. The van der Waals surface area contributed by atoms with Crippen LogP contribution in [-0.2, 0) is 16.0 Å². The fourth-order valence-electron chi connectivity index (χ4n) is 2.13. The van der Waals surface area contributed by atoms with Crippen LogP contribution in [0.1, 0.15) is 5.56 Å². The van der Waals surface area contributed by atoms with Crippen molar-refractivity contribution in [2.24, 2.45) is 5.73 Å². The van der Waals surface area contributed by atoms with Crippen LogP contribution in [0.15, 0.2) is 48.5 Å². The van der Waals surface area contributed by atoms with Gasteiger partial charge in [0.2, 0.25) is 5.91 Å². The number of carbonyl (C=O) groups is 1. The third kappa shape index (κ3) is 6.92. The number of carbonyl (C=O) groups excluding carboxylic acids is 1. The first-order valence-electron chi connectivity index (χ1n) is 7.62. The molecule has 0 aliphatic heterocycles. The lowest BCUT2D eigenvalue weighted by atomic mass is 10.1. The van der Waals surface area contributed by atoms with E-state index in [4.69, 9.17) is 26.8 Å². The minimum atomic E-state index is -0.635. The molecular formula is C18H22Cl2N2O3. The van der Waals surface area contributed by atoms with Gasteiger partial charge in [0.05, 0.1) is 17.7 Å². The second kappa shape index (κ2) is 10.9. The Morgan fingerprint density at radius 3 is 2.56 bits per heavy atom. The Morgan fingerprint density at radius 1 is 1.20 bits per heavy atom. The van der Waals surface area contributed by atoms with Crippen LogP contribution < -0.4 is 15.8 Å². The number of hydrogen-bond donors (Lipinski definition) is 2. The Labute approximate surface area is 158 Å². The normalized spacial score (nSPS) is 11.3. The number of anilines is 1. The lowest BCUT2D eigenvalue weighted by Crippen LogP contribution is -2.37. The van der Waals surface area contributed by atoms with Gasteiger partial charge >= 0.3 is 0 Å². The molecule has 0 radical (unpaired) electrons. The first-order valence-corrected chi connectivity index (χ1v) is 7.99. The largest absolute Gasteiger partial charge is 0.490 e. The van der Waals surface area contributed by atoms with Crippen LogP contribution in [0, 0.1) is 0 Å². The van der Waals surface area contributed by atoms with E-state index in [1.54, 1.807) is 25.3 Å². The molecular weight excluding hydrogens is 363 g/mol. The summed E-state index contributed by atoms with van der Waals surface area (Å²) in [5.41, 5.74) is 7.55. The zero-order chi connectivity index (χ0) is 17.4. The minimum Gasteiger partial charge on any atom is -0.490 e. The summed E-state index contributed by atoms with van der Waals surface area (Å²) in [6, 6.07) is 14.1. The van der Waals surface area contributed by atoms with E-state index in [9.17, 15) is 4.79 Å². The van der Waals surface area contributed by atoms with Crippen LogP contribution in [0.2, 0.25) is 5.02 Å². The van der Waals surface area contributed by atoms with Crippen LogP contribution in [0.5, 0.6) is 5.75 Å². The van der Waals surface area contributed by atoms with E-state index >= 15 is 0 Å². The number of nitrogens with two attached hydrogens (primary N) is 1. The molecule has 2 rings (SSSR count). The van der Waals surface area contributed by atoms with Gasteiger partial charge in [0.25, 0.3) is 0 Å². The van der Waals surface area contributed by atoms with Crippen LogP contribution in [-0.4, -0.2) is 32.3 Å². The van der Waals surface area contributed by atoms with Crippen molar-refractivity contribution in [2.75, 3.05) is 25.6 Å². The Morgan fingerprint density at radius 2 is 1.92 bits per heavy atom. The number of methoxy groups -OCH3 is 1. The predicted molar refractivity (Wildman–Crippen MR) is 103 cm³/mol. The van der Waals surface area contributed by atoms with Crippen LogP contribution in [0.25, 0.3) is 0 Å². The summed E-state index contributed by atoms with van der Waals surface area (Å²) >= 11 is 6.15. The smallest absolute Gasteiger partial charge is 0.241 e. The molecule has 136 valence electrons. The SMILES string of the molecule is COCCOc1ccc(NC(=O)[C@@H](N)Cc2ccccc2)cc1Cl.Cl. The Hall–Kier alpha value is -1.79.